The first-order valence-corrected chi connectivity index (χ1v) is 4.88. The fourth-order valence-electron chi connectivity index (χ4n) is 3.13. The van der Waals surface area contributed by atoms with Gasteiger partial charge in [-0.3, -0.25) is 0 Å². The number of hydrogen-bond donors (Lipinski definition) is 1. The Bertz CT molecular complexity index is 164. The molecule has 0 saturated heterocycles. The van der Waals surface area contributed by atoms with E-state index in [4.69, 9.17) is 0 Å². The van der Waals surface area contributed by atoms with Gasteiger partial charge in [-0.25, -0.2) is 0 Å². The van der Waals surface area contributed by atoms with Crippen LogP contribution in [-0.2, 0) is 0 Å². The average molecular weight is 154 g/mol. The SMILES string of the molecule is CC(C)[C@@H]1[C@@H]2CCCC[C@]12O. The molecule has 1 N–H and O–H groups in total. The summed E-state index contributed by atoms with van der Waals surface area (Å²) < 4.78 is 0. The Kier molecular flexibility index (Phi) is 1.54. The summed E-state index contributed by atoms with van der Waals surface area (Å²) in [6.07, 6.45) is 4.94. The highest BCUT2D eigenvalue weighted by Crippen LogP contribution is 2.61. The van der Waals surface area contributed by atoms with Gasteiger partial charge in [0, 0.05) is 0 Å². The molecule has 2 saturated carbocycles. The van der Waals surface area contributed by atoms with Gasteiger partial charge in [-0.2, -0.15) is 0 Å². The zero-order chi connectivity index (χ0) is 8.06. The summed E-state index contributed by atoms with van der Waals surface area (Å²) in [5.74, 6) is 1.98. The van der Waals surface area contributed by atoms with E-state index in [-0.39, 0.29) is 5.60 Å². The van der Waals surface area contributed by atoms with E-state index in [0.29, 0.717) is 17.8 Å². The average Bonchev–Trinajstić information content (AvgIpc) is 2.54. The van der Waals surface area contributed by atoms with Crippen LogP contribution in [0.3, 0.4) is 0 Å². The topological polar surface area (TPSA) is 20.2 Å². The van der Waals surface area contributed by atoms with Gasteiger partial charge in [0.2, 0.25) is 0 Å². The van der Waals surface area contributed by atoms with E-state index < -0.39 is 0 Å². The highest BCUT2D eigenvalue weighted by atomic mass is 16.3. The Labute approximate surface area is 68.8 Å². The first-order chi connectivity index (χ1) is 5.16. The predicted octanol–water partition coefficient (Wildman–Crippen LogP) is 2.19. The summed E-state index contributed by atoms with van der Waals surface area (Å²) in [7, 11) is 0. The highest BCUT2D eigenvalue weighted by molar-refractivity contribution is 5.14. The highest BCUT2D eigenvalue weighted by Gasteiger charge is 2.64. The molecule has 2 rings (SSSR count). The van der Waals surface area contributed by atoms with Crippen molar-refractivity contribution in [2.75, 3.05) is 0 Å². The van der Waals surface area contributed by atoms with Gasteiger partial charge in [-0.15, -0.1) is 0 Å². The van der Waals surface area contributed by atoms with E-state index in [1.165, 1.54) is 19.3 Å². The molecule has 0 radical (unpaired) electrons. The van der Waals surface area contributed by atoms with E-state index in [2.05, 4.69) is 13.8 Å². The van der Waals surface area contributed by atoms with Crippen molar-refractivity contribution in [3.8, 4) is 0 Å². The minimum atomic E-state index is -0.216. The van der Waals surface area contributed by atoms with Crippen molar-refractivity contribution in [3.05, 3.63) is 0 Å². The first-order valence-electron chi connectivity index (χ1n) is 4.88. The zero-order valence-corrected chi connectivity index (χ0v) is 7.51. The molecular formula is C10H18O. The molecule has 0 heterocycles. The molecule has 64 valence electrons. The fraction of sp³-hybridized carbons (Fsp3) is 1.00. The summed E-state index contributed by atoms with van der Waals surface area (Å²) in [5.41, 5.74) is -0.216. The fourth-order valence-corrected chi connectivity index (χ4v) is 3.13. The smallest absolute Gasteiger partial charge is 0.0713 e. The molecule has 0 aromatic rings. The molecule has 0 aliphatic heterocycles. The molecular weight excluding hydrogens is 136 g/mol. The maximum atomic E-state index is 10.1. The molecule has 2 fully saturated rings. The van der Waals surface area contributed by atoms with E-state index in [9.17, 15) is 5.11 Å². The van der Waals surface area contributed by atoms with Gasteiger partial charge in [-0.05, 0) is 30.6 Å². The van der Waals surface area contributed by atoms with Crippen LogP contribution >= 0.6 is 0 Å². The Morgan fingerprint density at radius 2 is 2.09 bits per heavy atom. The quantitative estimate of drug-likeness (QED) is 0.614. The largest absolute Gasteiger partial charge is 0.389 e. The van der Waals surface area contributed by atoms with Crippen LogP contribution in [0.15, 0.2) is 0 Å². The van der Waals surface area contributed by atoms with Gasteiger partial charge in [0.05, 0.1) is 5.60 Å². The minimum absolute atomic E-state index is 0.216. The summed E-state index contributed by atoms with van der Waals surface area (Å²) >= 11 is 0. The van der Waals surface area contributed by atoms with Gasteiger partial charge in [0.1, 0.15) is 0 Å². The third-order valence-electron chi connectivity index (χ3n) is 3.60. The molecule has 1 nitrogen and oxygen atoms in total. The summed E-state index contributed by atoms with van der Waals surface area (Å²) in [4.78, 5) is 0. The monoisotopic (exact) mass is 154 g/mol. The van der Waals surface area contributed by atoms with E-state index >= 15 is 0 Å². The van der Waals surface area contributed by atoms with Crippen molar-refractivity contribution in [2.24, 2.45) is 17.8 Å². The number of hydrogen-bond acceptors (Lipinski definition) is 1. The molecule has 0 unspecified atom stereocenters. The standard InChI is InChI=1S/C10H18O/c1-7(2)9-8-5-3-4-6-10(8,9)11/h7-9,11H,3-6H2,1-2H3/t8-,9+,10+/m0/s1. The van der Waals surface area contributed by atoms with Gasteiger partial charge in [0.15, 0.2) is 0 Å². The van der Waals surface area contributed by atoms with E-state index in [1.54, 1.807) is 0 Å². The van der Waals surface area contributed by atoms with Crippen LogP contribution in [0.4, 0.5) is 0 Å². The third-order valence-corrected chi connectivity index (χ3v) is 3.60. The lowest BCUT2D eigenvalue weighted by molar-refractivity contribution is 0.0855. The molecule has 3 atom stereocenters. The van der Waals surface area contributed by atoms with E-state index in [1.807, 2.05) is 0 Å². The normalized spacial score (nSPS) is 49.1. The predicted molar refractivity (Wildman–Crippen MR) is 45.2 cm³/mol. The molecule has 0 spiro atoms. The van der Waals surface area contributed by atoms with Crippen molar-refractivity contribution >= 4 is 0 Å². The number of aliphatic hydroxyl groups is 1. The van der Waals surface area contributed by atoms with Gasteiger partial charge >= 0.3 is 0 Å². The van der Waals surface area contributed by atoms with Crippen LogP contribution in [0.25, 0.3) is 0 Å². The Hall–Kier alpha value is -0.0400. The zero-order valence-electron chi connectivity index (χ0n) is 7.51. The van der Waals surface area contributed by atoms with Gasteiger partial charge < -0.3 is 5.11 Å². The minimum Gasteiger partial charge on any atom is -0.389 e. The van der Waals surface area contributed by atoms with Crippen LogP contribution < -0.4 is 0 Å². The Balaban J connectivity index is 2.07. The molecule has 11 heavy (non-hydrogen) atoms. The van der Waals surface area contributed by atoms with Gasteiger partial charge in [-0.1, -0.05) is 26.7 Å². The second kappa shape index (κ2) is 2.22. The maximum absolute atomic E-state index is 10.1. The molecule has 0 aromatic carbocycles. The van der Waals surface area contributed by atoms with E-state index in [0.717, 1.165) is 6.42 Å². The molecule has 0 bridgehead atoms. The van der Waals surface area contributed by atoms with Crippen molar-refractivity contribution in [1.29, 1.82) is 0 Å². The lowest BCUT2D eigenvalue weighted by atomic mass is 9.98. The van der Waals surface area contributed by atoms with Crippen LogP contribution in [0.5, 0.6) is 0 Å². The number of fused-ring (bicyclic) bond motifs is 1. The second-order valence-electron chi connectivity index (χ2n) is 4.61. The second-order valence-corrected chi connectivity index (χ2v) is 4.61. The maximum Gasteiger partial charge on any atom is 0.0713 e. The van der Waals surface area contributed by atoms with Crippen molar-refractivity contribution in [3.63, 3.8) is 0 Å². The molecule has 2 aliphatic carbocycles. The van der Waals surface area contributed by atoms with Crippen LogP contribution in [0, 0.1) is 17.8 Å². The summed E-state index contributed by atoms with van der Waals surface area (Å²) in [5, 5.41) is 10.1. The lowest BCUT2D eigenvalue weighted by Crippen LogP contribution is -2.17. The van der Waals surface area contributed by atoms with Crippen molar-refractivity contribution in [1.82, 2.24) is 0 Å². The summed E-state index contributed by atoms with van der Waals surface area (Å²) in [6.45, 7) is 4.47. The summed E-state index contributed by atoms with van der Waals surface area (Å²) in [6, 6.07) is 0. The van der Waals surface area contributed by atoms with Crippen LogP contribution in [-0.4, -0.2) is 10.7 Å². The molecule has 0 amide bonds. The van der Waals surface area contributed by atoms with Crippen LogP contribution in [0.1, 0.15) is 39.5 Å². The van der Waals surface area contributed by atoms with Crippen molar-refractivity contribution < 1.29 is 5.11 Å². The van der Waals surface area contributed by atoms with Crippen molar-refractivity contribution in [2.45, 2.75) is 45.1 Å². The third kappa shape index (κ3) is 0.936. The molecule has 1 heteroatoms. The molecule has 2 aliphatic rings. The lowest BCUT2D eigenvalue weighted by Gasteiger charge is -2.15. The molecule has 0 aromatic heterocycles. The number of rotatable bonds is 1. The Morgan fingerprint density at radius 1 is 1.36 bits per heavy atom. The Morgan fingerprint density at radius 3 is 2.55 bits per heavy atom. The van der Waals surface area contributed by atoms with Crippen LogP contribution in [0.2, 0.25) is 0 Å². The van der Waals surface area contributed by atoms with Gasteiger partial charge in [0.25, 0.3) is 0 Å². The first kappa shape index (κ1) is 7.60.